The van der Waals surface area contributed by atoms with E-state index in [0.717, 1.165) is 23.5 Å². The van der Waals surface area contributed by atoms with Gasteiger partial charge in [0.15, 0.2) is 0 Å². The summed E-state index contributed by atoms with van der Waals surface area (Å²) in [4.78, 5) is 2.59. The average Bonchev–Trinajstić information content (AvgIpc) is 3.18. The summed E-state index contributed by atoms with van der Waals surface area (Å²) in [5.41, 5.74) is 1.37. The maximum absolute atomic E-state index is 5.93. The monoisotopic (exact) mass is 264 g/mol. The maximum atomic E-state index is 5.93. The second-order valence-corrected chi connectivity index (χ2v) is 6.05. The molecule has 1 atom stereocenters. The van der Waals surface area contributed by atoms with E-state index in [4.69, 9.17) is 11.6 Å². The van der Waals surface area contributed by atoms with Crippen LogP contribution in [0.15, 0.2) is 24.3 Å². The van der Waals surface area contributed by atoms with E-state index in [2.05, 4.69) is 22.3 Å². The lowest BCUT2D eigenvalue weighted by atomic mass is 10.1. The normalized spacial score (nSPS) is 25.9. The van der Waals surface area contributed by atoms with Gasteiger partial charge in [0.25, 0.3) is 0 Å². The number of nitrogens with one attached hydrogen (secondary N) is 1. The van der Waals surface area contributed by atoms with E-state index < -0.39 is 0 Å². The Kier molecular flexibility index (Phi) is 3.88. The van der Waals surface area contributed by atoms with Crippen LogP contribution in [-0.2, 0) is 6.54 Å². The fourth-order valence-electron chi connectivity index (χ4n) is 2.83. The Morgan fingerprint density at radius 3 is 2.72 bits per heavy atom. The van der Waals surface area contributed by atoms with Gasteiger partial charge in [0.1, 0.15) is 0 Å². The molecule has 1 N–H and O–H groups in total. The zero-order chi connectivity index (χ0) is 12.4. The van der Waals surface area contributed by atoms with E-state index >= 15 is 0 Å². The maximum Gasteiger partial charge on any atom is 0.0406 e. The lowest BCUT2D eigenvalue weighted by molar-refractivity contribution is 0.251. The Morgan fingerprint density at radius 1 is 1.22 bits per heavy atom. The lowest BCUT2D eigenvalue weighted by Gasteiger charge is -2.24. The van der Waals surface area contributed by atoms with Gasteiger partial charge in [-0.1, -0.05) is 23.7 Å². The topological polar surface area (TPSA) is 15.3 Å². The Bertz CT molecular complexity index is 386. The van der Waals surface area contributed by atoms with Crippen LogP contribution in [0.1, 0.15) is 24.8 Å². The molecule has 1 aliphatic heterocycles. The highest BCUT2D eigenvalue weighted by molar-refractivity contribution is 6.30. The van der Waals surface area contributed by atoms with Gasteiger partial charge in [-0.2, -0.15) is 0 Å². The van der Waals surface area contributed by atoms with Crippen LogP contribution < -0.4 is 5.32 Å². The van der Waals surface area contributed by atoms with E-state index in [1.165, 1.54) is 44.5 Å². The number of nitrogens with zero attached hydrogens (tertiary/aromatic N) is 1. The first-order chi connectivity index (χ1) is 8.81. The van der Waals surface area contributed by atoms with Crippen molar-refractivity contribution >= 4 is 11.6 Å². The molecular weight excluding hydrogens is 244 g/mol. The van der Waals surface area contributed by atoms with E-state index in [0.29, 0.717) is 0 Å². The first-order valence-corrected chi connectivity index (χ1v) is 7.39. The van der Waals surface area contributed by atoms with Gasteiger partial charge in [0.05, 0.1) is 0 Å². The summed E-state index contributed by atoms with van der Waals surface area (Å²) in [7, 11) is 0. The zero-order valence-electron chi connectivity index (χ0n) is 10.7. The average molecular weight is 265 g/mol. The molecule has 0 radical (unpaired) electrons. The minimum atomic E-state index is 0.722. The summed E-state index contributed by atoms with van der Waals surface area (Å²) in [5.74, 6) is 0.941. The molecule has 98 valence electrons. The third-order valence-electron chi connectivity index (χ3n) is 4.02. The number of benzene rings is 1. The summed E-state index contributed by atoms with van der Waals surface area (Å²) < 4.78 is 0. The van der Waals surface area contributed by atoms with Crippen molar-refractivity contribution in [2.75, 3.05) is 19.6 Å². The molecule has 1 heterocycles. The minimum absolute atomic E-state index is 0.722. The van der Waals surface area contributed by atoms with E-state index in [1.54, 1.807) is 0 Å². The van der Waals surface area contributed by atoms with Crippen molar-refractivity contribution in [2.24, 2.45) is 5.92 Å². The molecule has 18 heavy (non-hydrogen) atoms. The first kappa shape index (κ1) is 12.5. The summed E-state index contributed by atoms with van der Waals surface area (Å²) >= 11 is 5.93. The standard InChI is InChI=1S/C15H21ClN2/c16-14-6-2-12(3-7-14)10-18-9-1-8-17-15(11-18)13-4-5-13/h2-3,6-7,13,15,17H,1,4-5,8-11H2. The Morgan fingerprint density at radius 2 is 2.00 bits per heavy atom. The molecule has 2 nitrogen and oxygen atoms in total. The largest absolute Gasteiger partial charge is 0.312 e. The number of hydrogen-bond donors (Lipinski definition) is 1. The Balaban J connectivity index is 1.61. The van der Waals surface area contributed by atoms with Crippen molar-refractivity contribution in [3.05, 3.63) is 34.9 Å². The molecule has 2 fully saturated rings. The van der Waals surface area contributed by atoms with Crippen molar-refractivity contribution in [2.45, 2.75) is 31.8 Å². The van der Waals surface area contributed by atoms with Gasteiger partial charge in [-0.05, 0) is 56.0 Å². The van der Waals surface area contributed by atoms with Crippen LogP contribution in [0, 0.1) is 5.92 Å². The van der Waals surface area contributed by atoms with Gasteiger partial charge < -0.3 is 5.32 Å². The van der Waals surface area contributed by atoms with E-state index in [1.807, 2.05) is 12.1 Å². The third kappa shape index (κ3) is 3.25. The number of hydrogen-bond acceptors (Lipinski definition) is 2. The van der Waals surface area contributed by atoms with Crippen LogP contribution in [0.2, 0.25) is 5.02 Å². The van der Waals surface area contributed by atoms with Gasteiger partial charge >= 0.3 is 0 Å². The minimum Gasteiger partial charge on any atom is -0.312 e. The van der Waals surface area contributed by atoms with E-state index in [9.17, 15) is 0 Å². The molecule has 1 saturated heterocycles. The fraction of sp³-hybridized carbons (Fsp3) is 0.600. The van der Waals surface area contributed by atoms with Gasteiger partial charge in [0.2, 0.25) is 0 Å². The van der Waals surface area contributed by atoms with Gasteiger partial charge in [0, 0.05) is 24.2 Å². The van der Waals surface area contributed by atoms with Crippen molar-refractivity contribution in [3.8, 4) is 0 Å². The highest BCUT2D eigenvalue weighted by atomic mass is 35.5. The molecule has 1 aliphatic carbocycles. The molecule has 1 unspecified atom stereocenters. The molecule has 0 bridgehead atoms. The zero-order valence-corrected chi connectivity index (χ0v) is 11.5. The summed E-state index contributed by atoms with van der Waals surface area (Å²) in [5, 5.41) is 4.53. The summed E-state index contributed by atoms with van der Waals surface area (Å²) in [6.07, 6.45) is 4.11. The highest BCUT2D eigenvalue weighted by Gasteiger charge is 2.32. The van der Waals surface area contributed by atoms with Gasteiger partial charge in [-0.25, -0.2) is 0 Å². The molecule has 0 aromatic heterocycles. The Hall–Kier alpha value is -0.570. The fourth-order valence-corrected chi connectivity index (χ4v) is 2.96. The summed E-state index contributed by atoms with van der Waals surface area (Å²) in [6.45, 7) is 4.65. The quantitative estimate of drug-likeness (QED) is 0.903. The molecule has 0 spiro atoms. The van der Waals surface area contributed by atoms with E-state index in [-0.39, 0.29) is 0 Å². The molecule has 3 rings (SSSR count). The smallest absolute Gasteiger partial charge is 0.0406 e. The second-order valence-electron chi connectivity index (χ2n) is 5.61. The molecule has 1 saturated carbocycles. The van der Waals surface area contributed by atoms with Gasteiger partial charge in [-0.3, -0.25) is 4.90 Å². The second kappa shape index (κ2) is 5.60. The molecular formula is C15H21ClN2. The predicted molar refractivity (Wildman–Crippen MR) is 75.9 cm³/mol. The Labute approximate surface area is 114 Å². The molecule has 2 aliphatic rings. The van der Waals surface area contributed by atoms with Crippen molar-refractivity contribution < 1.29 is 0 Å². The van der Waals surface area contributed by atoms with Crippen molar-refractivity contribution in [3.63, 3.8) is 0 Å². The highest BCUT2D eigenvalue weighted by Crippen LogP contribution is 2.33. The molecule has 1 aromatic carbocycles. The third-order valence-corrected chi connectivity index (χ3v) is 4.27. The van der Waals surface area contributed by atoms with Crippen LogP contribution in [0.25, 0.3) is 0 Å². The molecule has 3 heteroatoms. The summed E-state index contributed by atoms with van der Waals surface area (Å²) in [6, 6.07) is 9.00. The van der Waals surface area contributed by atoms with Crippen molar-refractivity contribution in [1.29, 1.82) is 0 Å². The van der Waals surface area contributed by atoms with Crippen molar-refractivity contribution in [1.82, 2.24) is 10.2 Å². The van der Waals surface area contributed by atoms with Crippen LogP contribution >= 0.6 is 11.6 Å². The van der Waals surface area contributed by atoms with Crippen LogP contribution in [0.5, 0.6) is 0 Å². The lowest BCUT2D eigenvalue weighted by Crippen LogP contribution is -2.38. The molecule has 0 amide bonds. The molecule has 1 aromatic rings. The van der Waals surface area contributed by atoms with Crippen LogP contribution in [-0.4, -0.2) is 30.6 Å². The SMILES string of the molecule is Clc1ccc(CN2CCCNC(C3CC3)C2)cc1. The predicted octanol–water partition coefficient (Wildman–Crippen LogP) is 2.91. The first-order valence-electron chi connectivity index (χ1n) is 7.01. The van der Waals surface area contributed by atoms with Crippen LogP contribution in [0.3, 0.4) is 0 Å². The number of rotatable bonds is 3. The number of halogens is 1. The van der Waals surface area contributed by atoms with Gasteiger partial charge in [-0.15, -0.1) is 0 Å². The van der Waals surface area contributed by atoms with Crippen LogP contribution in [0.4, 0.5) is 0 Å².